The summed E-state index contributed by atoms with van der Waals surface area (Å²) in [5.74, 6) is -0.951. The zero-order valence-electron chi connectivity index (χ0n) is 7.44. The van der Waals surface area contributed by atoms with Crippen LogP contribution in [-0.2, 0) is 14.3 Å². The molecular weight excluding hydrogens is 172 g/mol. The average molecular weight is 186 g/mol. The number of carboxylic acids is 1. The number of carbonyl (C=O) groups is 1. The Kier molecular flexibility index (Phi) is 3.92. The van der Waals surface area contributed by atoms with Crippen LogP contribution in [0.25, 0.3) is 0 Å². The Labute approximate surface area is 77.1 Å². The number of hydrogen-bond donors (Lipinski definition) is 1. The van der Waals surface area contributed by atoms with Gasteiger partial charge in [0, 0.05) is 6.61 Å². The van der Waals surface area contributed by atoms with Gasteiger partial charge in [0.1, 0.15) is 12.7 Å². The SMILES string of the molecule is C=C[C@H]1OCCC[C@@H]1OCC(=O)O. The van der Waals surface area contributed by atoms with Crippen LogP contribution < -0.4 is 0 Å². The van der Waals surface area contributed by atoms with E-state index in [4.69, 9.17) is 14.6 Å². The predicted octanol–water partition coefficient (Wildman–Crippen LogP) is 0.821. The molecule has 1 fully saturated rings. The third kappa shape index (κ3) is 3.16. The maximum absolute atomic E-state index is 10.2. The first-order chi connectivity index (χ1) is 6.24. The molecule has 1 rings (SSSR count). The summed E-state index contributed by atoms with van der Waals surface area (Å²) in [6, 6.07) is 0. The predicted molar refractivity (Wildman–Crippen MR) is 46.5 cm³/mol. The van der Waals surface area contributed by atoms with E-state index in [-0.39, 0.29) is 18.8 Å². The van der Waals surface area contributed by atoms with Crippen LogP contribution in [0.3, 0.4) is 0 Å². The zero-order valence-corrected chi connectivity index (χ0v) is 7.44. The molecule has 0 aromatic rings. The van der Waals surface area contributed by atoms with Gasteiger partial charge in [-0.1, -0.05) is 6.08 Å². The molecule has 0 amide bonds. The second-order valence-corrected chi connectivity index (χ2v) is 2.96. The van der Waals surface area contributed by atoms with Gasteiger partial charge in [-0.15, -0.1) is 6.58 Å². The number of rotatable bonds is 4. The van der Waals surface area contributed by atoms with Crippen LogP contribution in [0.2, 0.25) is 0 Å². The normalized spacial score (nSPS) is 28.3. The van der Waals surface area contributed by atoms with E-state index in [1.54, 1.807) is 6.08 Å². The van der Waals surface area contributed by atoms with Crippen LogP contribution in [0, 0.1) is 0 Å². The summed E-state index contributed by atoms with van der Waals surface area (Å²) >= 11 is 0. The van der Waals surface area contributed by atoms with Gasteiger partial charge in [0.25, 0.3) is 0 Å². The van der Waals surface area contributed by atoms with Crippen LogP contribution in [0.4, 0.5) is 0 Å². The van der Waals surface area contributed by atoms with Gasteiger partial charge in [0.2, 0.25) is 0 Å². The Bertz CT molecular complexity index is 190. The van der Waals surface area contributed by atoms with Crippen molar-refractivity contribution in [3.8, 4) is 0 Å². The minimum absolute atomic E-state index is 0.151. The van der Waals surface area contributed by atoms with Crippen LogP contribution >= 0.6 is 0 Å². The van der Waals surface area contributed by atoms with E-state index in [2.05, 4.69) is 6.58 Å². The van der Waals surface area contributed by atoms with Gasteiger partial charge in [0.05, 0.1) is 6.10 Å². The molecule has 0 aromatic heterocycles. The maximum atomic E-state index is 10.2. The summed E-state index contributed by atoms with van der Waals surface area (Å²) in [6.45, 7) is 4.04. The standard InChI is InChI=1S/C9H14O4/c1-2-7-8(4-3-5-12-7)13-6-9(10)11/h2,7-8H,1,3-6H2,(H,10,11)/t7-,8+/m1/s1. The Morgan fingerprint density at radius 3 is 3.15 bits per heavy atom. The van der Waals surface area contributed by atoms with Crippen LogP contribution in [0.5, 0.6) is 0 Å². The third-order valence-corrected chi connectivity index (χ3v) is 1.96. The molecule has 1 aliphatic heterocycles. The summed E-state index contributed by atoms with van der Waals surface area (Å²) in [4.78, 5) is 10.2. The lowest BCUT2D eigenvalue weighted by Crippen LogP contribution is -2.35. The molecule has 13 heavy (non-hydrogen) atoms. The van der Waals surface area contributed by atoms with Crippen molar-refractivity contribution in [3.05, 3.63) is 12.7 Å². The van der Waals surface area contributed by atoms with Gasteiger partial charge >= 0.3 is 5.97 Å². The van der Waals surface area contributed by atoms with E-state index in [0.29, 0.717) is 6.61 Å². The number of ether oxygens (including phenoxy) is 2. The summed E-state index contributed by atoms with van der Waals surface area (Å²) in [6.07, 6.45) is 3.10. The molecule has 4 heteroatoms. The smallest absolute Gasteiger partial charge is 0.329 e. The molecule has 0 unspecified atom stereocenters. The van der Waals surface area contributed by atoms with Crippen molar-refractivity contribution in [2.75, 3.05) is 13.2 Å². The Hall–Kier alpha value is -0.870. The largest absolute Gasteiger partial charge is 0.480 e. The Morgan fingerprint density at radius 2 is 2.54 bits per heavy atom. The van der Waals surface area contributed by atoms with E-state index in [9.17, 15) is 4.79 Å². The lowest BCUT2D eigenvalue weighted by molar-refractivity contribution is -0.150. The van der Waals surface area contributed by atoms with Crippen molar-refractivity contribution in [2.24, 2.45) is 0 Å². The van der Waals surface area contributed by atoms with Crippen LogP contribution in [0.1, 0.15) is 12.8 Å². The quantitative estimate of drug-likeness (QED) is 0.660. The molecule has 0 bridgehead atoms. The number of hydrogen-bond acceptors (Lipinski definition) is 3. The lowest BCUT2D eigenvalue weighted by Gasteiger charge is -2.28. The minimum atomic E-state index is -0.951. The fraction of sp³-hybridized carbons (Fsp3) is 0.667. The first-order valence-corrected chi connectivity index (χ1v) is 4.31. The maximum Gasteiger partial charge on any atom is 0.329 e. The van der Waals surface area contributed by atoms with Gasteiger partial charge in [-0.2, -0.15) is 0 Å². The van der Waals surface area contributed by atoms with E-state index < -0.39 is 5.97 Å². The highest BCUT2D eigenvalue weighted by Gasteiger charge is 2.24. The lowest BCUT2D eigenvalue weighted by atomic mass is 10.1. The van der Waals surface area contributed by atoms with E-state index in [1.165, 1.54) is 0 Å². The van der Waals surface area contributed by atoms with E-state index in [0.717, 1.165) is 12.8 Å². The van der Waals surface area contributed by atoms with Crippen molar-refractivity contribution < 1.29 is 19.4 Å². The molecule has 0 aliphatic carbocycles. The molecule has 1 saturated heterocycles. The molecule has 1 heterocycles. The van der Waals surface area contributed by atoms with Crippen LogP contribution in [-0.4, -0.2) is 36.5 Å². The average Bonchev–Trinajstić information content (AvgIpc) is 2.15. The molecule has 0 spiro atoms. The zero-order chi connectivity index (χ0) is 9.68. The summed E-state index contributed by atoms with van der Waals surface area (Å²) < 4.78 is 10.5. The van der Waals surface area contributed by atoms with E-state index >= 15 is 0 Å². The Balaban J connectivity index is 2.35. The molecule has 1 aliphatic rings. The molecule has 0 aromatic carbocycles. The molecule has 0 saturated carbocycles. The molecule has 74 valence electrons. The summed E-state index contributed by atoms with van der Waals surface area (Å²) in [7, 11) is 0. The van der Waals surface area contributed by atoms with Gasteiger partial charge in [0.15, 0.2) is 0 Å². The fourth-order valence-electron chi connectivity index (χ4n) is 1.35. The van der Waals surface area contributed by atoms with Crippen molar-refractivity contribution in [1.82, 2.24) is 0 Å². The molecule has 0 radical (unpaired) electrons. The number of carboxylic acid groups (broad SMARTS) is 1. The Morgan fingerprint density at radius 1 is 1.77 bits per heavy atom. The van der Waals surface area contributed by atoms with Crippen molar-refractivity contribution >= 4 is 5.97 Å². The first kappa shape index (κ1) is 10.2. The summed E-state index contributed by atoms with van der Waals surface area (Å²) in [5.41, 5.74) is 0. The minimum Gasteiger partial charge on any atom is -0.480 e. The topological polar surface area (TPSA) is 55.8 Å². The van der Waals surface area contributed by atoms with Gasteiger partial charge in [-0.05, 0) is 12.8 Å². The molecule has 2 atom stereocenters. The highest BCUT2D eigenvalue weighted by atomic mass is 16.6. The van der Waals surface area contributed by atoms with Crippen LogP contribution in [0.15, 0.2) is 12.7 Å². The van der Waals surface area contributed by atoms with Gasteiger partial charge in [-0.3, -0.25) is 0 Å². The highest BCUT2D eigenvalue weighted by molar-refractivity contribution is 5.68. The van der Waals surface area contributed by atoms with Gasteiger partial charge in [-0.25, -0.2) is 4.79 Å². The van der Waals surface area contributed by atoms with Crippen molar-refractivity contribution in [2.45, 2.75) is 25.0 Å². The van der Waals surface area contributed by atoms with E-state index in [1.807, 2.05) is 0 Å². The first-order valence-electron chi connectivity index (χ1n) is 4.31. The van der Waals surface area contributed by atoms with Crippen molar-refractivity contribution in [3.63, 3.8) is 0 Å². The second-order valence-electron chi connectivity index (χ2n) is 2.96. The number of aliphatic carboxylic acids is 1. The van der Waals surface area contributed by atoms with Gasteiger partial charge < -0.3 is 14.6 Å². The monoisotopic (exact) mass is 186 g/mol. The third-order valence-electron chi connectivity index (χ3n) is 1.96. The molecular formula is C9H14O4. The van der Waals surface area contributed by atoms with Crippen molar-refractivity contribution in [1.29, 1.82) is 0 Å². The highest BCUT2D eigenvalue weighted by Crippen LogP contribution is 2.17. The molecule has 4 nitrogen and oxygen atoms in total. The molecule has 1 N–H and O–H groups in total. The summed E-state index contributed by atoms with van der Waals surface area (Å²) in [5, 5.41) is 8.41. The fourth-order valence-corrected chi connectivity index (χ4v) is 1.35. The second kappa shape index (κ2) is 4.99.